The highest BCUT2D eigenvalue weighted by Crippen LogP contribution is 2.26. The Morgan fingerprint density at radius 1 is 1.15 bits per heavy atom. The molecule has 3 N–H and O–H groups in total. The molecule has 3 rings (SSSR count). The van der Waals surface area contributed by atoms with Gasteiger partial charge in [0, 0.05) is 20.2 Å². The Hall–Kier alpha value is -3.27. The SMILES string of the molecule is Cn1c(C(=O)N[C@@H](c2ccccc2)c2nnc(N)s2)cc(=O)n(C)c1=O. The van der Waals surface area contributed by atoms with Gasteiger partial charge in [0.2, 0.25) is 5.13 Å². The van der Waals surface area contributed by atoms with Crippen molar-refractivity contribution in [3.63, 3.8) is 0 Å². The first-order valence-corrected chi connectivity index (χ1v) is 8.42. The van der Waals surface area contributed by atoms with E-state index < -0.39 is 23.2 Å². The number of nitrogen functional groups attached to an aromatic ring is 1. The molecule has 2 aromatic heterocycles. The third-order valence-electron chi connectivity index (χ3n) is 3.87. The smallest absolute Gasteiger partial charge is 0.331 e. The Morgan fingerprint density at radius 2 is 1.85 bits per heavy atom. The molecule has 3 aromatic rings. The number of nitrogens with two attached hydrogens (primary N) is 1. The molecular weight excluding hydrogens is 356 g/mol. The second-order valence-corrected chi connectivity index (χ2v) is 6.60. The summed E-state index contributed by atoms with van der Waals surface area (Å²) in [4.78, 5) is 36.7. The van der Waals surface area contributed by atoms with Crippen LogP contribution in [-0.4, -0.2) is 25.2 Å². The largest absolute Gasteiger partial charge is 0.374 e. The molecule has 134 valence electrons. The van der Waals surface area contributed by atoms with Gasteiger partial charge >= 0.3 is 5.69 Å². The van der Waals surface area contributed by atoms with Gasteiger partial charge in [0.05, 0.1) is 0 Å². The Balaban J connectivity index is 2.02. The van der Waals surface area contributed by atoms with Gasteiger partial charge in [0.25, 0.3) is 11.5 Å². The van der Waals surface area contributed by atoms with E-state index in [1.807, 2.05) is 30.3 Å². The van der Waals surface area contributed by atoms with Crippen molar-refractivity contribution < 1.29 is 4.79 Å². The van der Waals surface area contributed by atoms with E-state index in [0.717, 1.165) is 32.1 Å². The fraction of sp³-hybridized carbons (Fsp3) is 0.188. The normalized spacial score (nSPS) is 11.9. The Morgan fingerprint density at radius 3 is 2.46 bits per heavy atom. The highest BCUT2D eigenvalue weighted by Gasteiger charge is 2.23. The maximum absolute atomic E-state index is 12.8. The summed E-state index contributed by atoms with van der Waals surface area (Å²) in [7, 11) is 2.78. The quantitative estimate of drug-likeness (QED) is 0.666. The minimum absolute atomic E-state index is 0.0449. The van der Waals surface area contributed by atoms with E-state index in [9.17, 15) is 14.4 Å². The predicted octanol–water partition coefficient (Wildman–Crippen LogP) is 0.0371. The molecule has 9 nitrogen and oxygen atoms in total. The van der Waals surface area contributed by atoms with Gasteiger partial charge in [-0.1, -0.05) is 41.7 Å². The summed E-state index contributed by atoms with van der Waals surface area (Å²) in [5.41, 5.74) is 5.24. The number of nitrogens with zero attached hydrogens (tertiary/aromatic N) is 4. The van der Waals surface area contributed by atoms with Crippen LogP contribution < -0.4 is 22.3 Å². The maximum Gasteiger partial charge on any atom is 0.331 e. The van der Waals surface area contributed by atoms with Crippen LogP contribution in [0.1, 0.15) is 27.1 Å². The second kappa shape index (κ2) is 6.92. The van der Waals surface area contributed by atoms with Gasteiger partial charge in [-0.3, -0.25) is 18.7 Å². The number of rotatable bonds is 4. The van der Waals surface area contributed by atoms with E-state index in [2.05, 4.69) is 15.5 Å². The first-order valence-electron chi connectivity index (χ1n) is 7.60. The maximum atomic E-state index is 12.8. The number of benzene rings is 1. The molecule has 0 spiro atoms. The Labute approximate surface area is 151 Å². The molecule has 10 heteroatoms. The van der Waals surface area contributed by atoms with Crippen LogP contribution in [-0.2, 0) is 14.1 Å². The molecular formula is C16H16N6O3S. The lowest BCUT2D eigenvalue weighted by molar-refractivity contribution is 0.0932. The third kappa shape index (κ3) is 3.26. The highest BCUT2D eigenvalue weighted by atomic mass is 32.1. The van der Waals surface area contributed by atoms with Crippen LogP contribution in [0.4, 0.5) is 5.13 Å². The molecule has 26 heavy (non-hydrogen) atoms. The molecule has 0 fully saturated rings. The van der Waals surface area contributed by atoms with Crippen molar-refractivity contribution in [1.82, 2.24) is 24.6 Å². The Bertz CT molecular complexity index is 1070. The van der Waals surface area contributed by atoms with Gasteiger partial charge in [-0.2, -0.15) is 0 Å². The summed E-state index contributed by atoms with van der Waals surface area (Å²) in [6.07, 6.45) is 0. The molecule has 0 aliphatic carbocycles. The number of anilines is 1. The fourth-order valence-corrected chi connectivity index (χ4v) is 3.14. The van der Waals surface area contributed by atoms with E-state index in [4.69, 9.17) is 5.73 Å². The Kier molecular flexibility index (Phi) is 4.67. The molecule has 0 unspecified atom stereocenters. The van der Waals surface area contributed by atoms with Crippen LogP contribution in [0.2, 0.25) is 0 Å². The van der Waals surface area contributed by atoms with E-state index in [-0.39, 0.29) is 10.8 Å². The highest BCUT2D eigenvalue weighted by molar-refractivity contribution is 7.15. The van der Waals surface area contributed by atoms with Crippen molar-refractivity contribution in [3.05, 3.63) is 73.5 Å². The van der Waals surface area contributed by atoms with Gasteiger partial charge in [-0.25, -0.2) is 4.79 Å². The van der Waals surface area contributed by atoms with E-state index in [1.165, 1.54) is 14.1 Å². The van der Waals surface area contributed by atoms with Gasteiger partial charge in [-0.15, -0.1) is 10.2 Å². The third-order valence-corrected chi connectivity index (χ3v) is 4.69. The average molecular weight is 372 g/mol. The number of hydrogen-bond acceptors (Lipinski definition) is 7. The van der Waals surface area contributed by atoms with Crippen LogP contribution in [0.3, 0.4) is 0 Å². The number of carbonyl (C=O) groups is 1. The fourth-order valence-electron chi connectivity index (χ4n) is 2.45. The molecule has 0 saturated carbocycles. The molecule has 0 aliphatic heterocycles. The van der Waals surface area contributed by atoms with Crippen molar-refractivity contribution in [3.8, 4) is 0 Å². The van der Waals surface area contributed by atoms with Crippen molar-refractivity contribution >= 4 is 22.4 Å². The summed E-state index contributed by atoms with van der Waals surface area (Å²) in [6.45, 7) is 0. The monoisotopic (exact) mass is 372 g/mol. The molecule has 0 radical (unpaired) electrons. The first-order chi connectivity index (χ1) is 12.4. The molecule has 0 saturated heterocycles. The van der Waals surface area contributed by atoms with Crippen LogP contribution in [0.15, 0.2) is 46.0 Å². The van der Waals surface area contributed by atoms with Crippen molar-refractivity contribution in [1.29, 1.82) is 0 Å². The lowest BCUT2D eigenvalue weighted by Gasteiger charge is -2.17. The minimum atomic E-state index is -0.613. The molecule has 2 heterocycles. The average Bonchev–Trinajstić information content (AvgIpc) is 3.07. The number of hydrogen-bond donors (Lipinski definition) is 2. The summed E-state index contributed by atoms with van der Waals surface area (Å²) < 4.78 is 2.05. The molecule has 1 aromatic carbocycles. The first kappa shape index (κ1) is 17.5. The summed E-state index contributed by atoms with van der Waals surface area (Å²) >= 11 is 1.15. The topological polar surface area (TPSA) is 125 Å². The lowest BCUT2D eigenvalue weighted by Crippen LogP contribution is -2.41. The zero-order valence-corrected chi connectivity index (χ0v) is 14.9. The molecule has 0 aliphatic rings. The number of carbonyl (C=O) groups excluding carboxylic acids is 1. The number of nitrogens with one attached hydrogen (secondary N) is 1. The predicted molar refractivity (Wildman–Crippen MR) is 97.0 cm³/mol. The van der Waals surface area contributed by atoms with Gasteiger partial charge in [0.15, 0.2) is 0 Å². The van der Waals surface area contributed by atoms with Gasteiger partial charge in [-0.05, 0) is 5.56 Å². The van der Waals surface area contributed by atoms with E-state index >= 15 is 0 Å². The summed E-state index contributed by atoms with van der Waals surface area (Å²) in [5, 5.41) is 11.4. The lowest BCUT2D eigenvalue weighted by atomic mass is 10.1. The number of amides is 1. The van der Waals surface area contributed by atoms with Crippen LogP contribution >= 0.6 is 11.3 Å². The molecule has 1 atom stereocenters. The van der Waals surface area contributed by atoms with Crippen LogP contribution in [0, 0.1) is 0 Å². The minimum Gasteiger partial charge on any atom is -0.374 e. The summed E-state index contributed by atoms with van der Waals surface area (Å²) in [6, 6.07) is 9.66. The zero-order chi connectivity index (χ0) is 18.8. The second-order valence-electron chi connectivity index (χ2n) is 5.56. The van der Waals surface area contributed by atoms with E-state index in [1.54, 1.807) is 0 Å². The van der Waals surface area contributed by atoms with Crippen molar-refractivity contribution in [2.75, 3.05) is 5.73 Å². The van der Waals surface area contributed by atoms with Crippen LogP contribution in [0.25, 0.3) is 0 Å². The van der Waals surface area contributed by atoms with Crippen molar-refractivity contribution in [2.45, 2.75) is 6.04 Å². The standard InChI is InChI=1S/C16H16N6O3S/c1-21-10(8-11(23)22(2)16(21)25)13(24)18-12(9-6-4-3-5-7-9)14-19-20-15(17)26-14/h3-8,12H,1-2H3,(H2,17,20)(H,18,24)/t12-/m0/s1. The van der Waals surface area contributed by atoms with Gasteiger partial charge < -0.3 is 11.1 Å². The number of aromatic nitrogens is 4. The van der Waals surface area contributed by atoms with Crippen LogP contribution in [0.5, 0.6) is 0 Å². The van der Waals surface area contributed by atoms with E-state index in [0.29, 0.717) is 5.01 Å². The molecule has 0 bridgehead atoms. The van der Waals surface area contributed by atoms with Gasteiger partial charge in [0.1, 0.15) is 16.7 Å². The zero-order valence-electron chi connectivity index (χ0n) is 14.0. The molecule has 1 amide bonds. The van der Waals surface area contributed by atoms with Crippen molar-refractivity contribution in [2.24, 2.45) is 14.1 Å². The summed E-state index contributed by atoms with van der Waals surface area (Å²) in [5.74, 6) is -0.579.